The number of likely N-dealkylation sites (N-methyl/N-ethyl adjacent to an activating group) is 1. The largest absolute Gasteiger partial charge is 0.339 e. The Morgan fingerprint density at radius 2 is 1.63 bits per heavy atom. The van der Waals surface area contributed by atoms with Gasteiger partial charge in [-0.05, 0) is 42.8 Å². The number of aromatic nitrogens is 2. The second-order valence-corrected chi connectivity index (χ2v) is 7.01. The highest BCUT2D eigenvalue weighted by molar-refractivity contribution is 5.79. The van der Waals surface area contributed by atoms with E-state index in [2.05, 4.69) is 35.8 Å². The molecule has 1 aliphatic heterocycles. The van der Waals surface area contributed by atoms with E-state index in [1.54, 1.807) is 4.57 Å². The van der Waals surface area contributed by atoms with Crippen molar-refractivity contribution in [2.24, 2.45) is 0 Å². The maximum atomic E-state index is 13.4. The van der Waals surface area contributed by atoms with Gasteiger partial charge < -0.3 is 9.80 Å². The summed E-state index contributed by atoms with van der Waals surface area (Å²) < 4.78 is 1.78. The highest BCUT2D eigenvalue weighted by Crippen LogP contribution is 2.21. The van der Waals surface area contributed by atoms with Gasteiger partial charge in [0.05, 0.1) is 16.6 Å². The zero-order valence-electron chi connectivity index (χ0n) is 16.1. The lowest BCUT2D eigenvalue weighted by atomic mass is 10.1. The number of piperazine rings is 1. The molecule has 0 saturated carbocycles. The Bertz CT molecular complexity index is 985. The Hall–Kier alpha value is -2.66. The lowest BCUT2D eigenvalue weighted by Crippen LogP contribution is -2.48. The summed E-state index contributed by atoms with van der Waals surface area (Å²) in [5.74, 6) is 0.749. The third-order valence-electron chi connectivity index (χ3n) is 5.46. The molecular formula is C22H26N4O. The van der Waals surface area contributed by atoms with E-state index < -0.39 is 0 Å². The van der Waals surface area contributed by atoms with Crippen LogP contribution in [0.15, 0.2) is 53.3 Å². The second kappa shape index (κ2) is 7.53. The Labute approximate surface area is 159 Å². The molecule has 5 nitrogen and oxygen atoms in total. The number of benzene rings is 2. The molecule has 5 heteroatoms. The van der Waals surface area contributed by atoms with E-state index in [9.17, 15) is 4.79 Å². The molecular weight excluding hydrogens is 336 g/mol. The van der Waals surface area contributed by atoms with Crippen molar-refractivity contribution < 1.29 is 0 Å². The maximum Gasteiger partial charge on any atom is 0.267 e. The first-order valence-corrected chi connectivity index (χ1v) is 9.79. The third-order valence-corrected chi connectivity index (χ3v) is 5.46. The number of nitrogens with zero attached hydrogens (tertiary/aromatic N) is 4. The minimum Gasteiger partial charge on any atom is -0.339 e. The number of hydrogen-bond acceptors (Lipinski definition) is 4. The predicted molar refractivity (Wildman–Crippen MR) is 111 cm³/mol. The van der Waals surface area contributed by atoms with Gasteiger partial charge >= 0.3 is 0 Å². The van der Waals surface area contributed by atoms with E-state index in [-0.39, 0.29) is 5.56 Å². The van der Waals surface area contributed by atoms with Crippen LogP contribution in [0.2, 0.25) is 0 Å². The van der Waals surface area contributed by atoms with E-state index in [1.807, 2.05) is 36.4 Å². The number of aryl methyl sites for hydroxylation is 1. The summed E-state index contributed by atoms with van der Waals surface area (Å²) in [7, 11) is 0. The first-order valence-electron chi connectivity index (χ1n) is 9.79. The molecule has 27 heavy (non-hydrogen) atoms. The van der Waals surface area contributed by atoms with E-state index in [1.165, 1.54) is 5.56 Å². The van der Waals surface area contributed by atoms with Crippen LogP contribution in [-0.2, 0) is 6.42 Å². The molecule has 0 spiro atoms. The summed E-state index contributed by atoms with van der Waals surface area (Å²) in [6, 6.07) is 15.9. The van der Waals surface area contributed by atoms with Crippen molar-refractivity contribution in [3.05, 3.63) is 64.4 Å². The normalized spacial score (nSPS) is 15.4. The molecule has 3 aromatic rings. The average molecular weight is 362 g/mol. The van der Waals surface area contributed by atoms with E-state index in [0.29, 0.717) is 5.39 Å². The molecule has 1 fully saturated rings. The number of anilines is 1. The topological polar surface area (TPSA) is 41.4 Å². The van der Waals surface area contributed by atoms with Gasteiger partial charge in [-0.25, -0.2) is 9.55 Å². The fourth-order valence-corrected chi connectivity index (χ4v) is 3.71. The van der Waals surface area contributed by atoms with Gasteiger partial charge in [0.2, 0.25) is 5.95 Å². The number of hydrogen-bond donors (Lipinski definition) is 0. The zero-order valence-corrected chi connectivity index (χ0v) is 16.1. The minimum atomic E-state index is -0.00207. The molecule has 0 bridgehead atoms. The van der Waals surface area contributed by atoms with Crippen LogP contribution in [0.25, 0.3) is 16.6 Å². The highest BCUT2D eigenvalue weighted by Gasteiger charge is 2.22. The molecule has 4 rings (SSSR count). The van der Waals surface area contributed by atoms with Gasteiger partial charge in [-0.3, -0.25) is 4.79 Å². The van der Waals surface area contributed by atoms with E-state index in [0.717, 1.165) is 56.3 Å². The number of para-hydroxylation sites is 1. The van der Waals surface area contributed by atoms with Crippen LogP contribution in [0.5, 0.6) is 0 Å². The van der Waals surface area contributed by atoms with Crippen molar-refractivity contribution in [2.45, 2.75) is 20.3 Å². The molecule has 0 amide bonds. The molecule has 0 atom stereocenters. The van der Waals surface area contributed by atoms with Crippen LogP contribution in [-0.4, -0.2) is 47.2 Å². The molecule has 140 valence electrons. The Balaban J connectivity index is 1.86. The summed E-state index contributed by atoms with van der Waals surface area (Å²) in [5, 5.41) is 0.660. The molecule has 2 aromatic carbocycles. The standard InChI is InChI=1S/C22H26N4O/c1-3-17-9-11-18(12-10-17)26-21(27)19-7-5-6-8-20(19)23-22(26)25-15-13-24(4-2)14-16-25/h5-12H,3-4,13-16H2,1-2H3. The van der Waals surface area contributed by atoms with Gasteiger partial charge in [0.15, 0.2) is 0 Å². The molecule has 1 aliphatic rings. The van der Waals surface area contributed by atoms with Gasteiger partial charge in [0.1, 0.15) is 0 Å². The van der Waals surface area contributed by atoms with E-state index >= 15 is 0 Å². The minimum absolute atomic E-state index is 0.00207. The van der Waals surface area contributed by atoms with Gasteiger partial charge in [-0.2, -0.15) is 0 Å². The Morgan fingerprint density at radius 1 is 0.926 bits per heavy atom. The smallest absolute Gasteiger partial charge is 0.267 e. The van der Waals surface area contributed by atoms with Crippen LogP contribution >= 0.6 is 0 Å². The van der Waals surface area contributed by atoms with Crippen LogP contribution in [0.1, 0.15) is 19.4 Å². The quantitative estimate of drug-likeness (QED) is 0.715. The fraction of sp³-hybridized carbons (Fsp3) is 0.364. The molecule has 0 radical (unpaired) electrons. The predicted octanol–water partition coefficient (Wildman–Crippen LogP) is 3.09. The number of fused-ring (bicyclic) bond motifs is 1. The molecule has 0 N–H and O–H groups in total. The zero-order chi connectivity index (χ0) is 18.8. The van der Waals surface area contributed by atoms with Crippen molar-refractivity contribution in [1.29, 1.82) is 0 Å². The first-order chi connectivity index (χ1) is 13.2. The molecule has 0 aliphatic carbocycles. The summed E-state index contributed by atoms with van der Waals surface area (Å²) >= 11 is 0. The van der Waals surface area contributed by atoms with Crippen molar-refractivity contribution in [3.8, 4) is 5.69 Å². The van der Waals surface area contributed by atoms with Gasteiger partial charge in [0.25, 0.3) is 5.56 Å². The van der Waals surface area contributed by atoms with Crippen molar-refractivity contribution >= 4 is 16.9 Å². The second-order valence-electron chi connectivity index (χ2n) is 7.01. The number of rotatable bonds is 4. The maximum absolute atomic E-state index is 13.4. The molecule has 0 unspecified atom stereocenters. The monoisotopic (exact) mass is 362 g/mol. The van der Waals surface area contributed by atoms with Crippen molar-refractivity contribution in [3.63, 3.8) is 0 Å². The summed E-state index contributed by atoms with van der Waals surface area (Å²) in [5.41, 5.74) is 2.90. The SMILES string of the molecule is CCc1ccc(-n2c(N3CCN(CC)CC3)nc3ccccc3c2=O)cc1. The summed E-state index contributed by atoms with van der Waals surface area (Å²) in [4.78, 5) is 22.9. The van der Waals surface area contributed by atoms with Gasteiger partial charge in [0, 0.05) is 26.2 Å². The summed E-state index contributed by atoms with van der Waals surface area (Å²) in [6.45, 7) is 9.14. The Kier molecular flexibility index (Phi) is 4.94. The lowest BCUT2D eigenvalue weighted by molar-refractivity contribution is 0.269. The van der Waals surface area contributed by atoms with Gasteiger partial charge in [-0.1, -0.05) is 38.1 Å². The molecule has 1 aromatic heterocycles. The van der Waals surface area contributed by atoms with E-state index in [4.69, 9.17) is 4.98 Å². The highest BCUT2D eigenvalue weighted by atomic mass is 16.1. The van der Waals surface area contributed by atoms with Crippen molar-refractivity contribution in [2.75, 3.05) is 37.6 Å². The fourth-order valence-electron chi connectivity index (χ4n) is 3.71. The third kappa shape index (κ3) is 3.35. The van der Waals surface area contributed by atoms with Crippen LogP contribution < -0.4 is 10.5 Å². The first kappa shape index (κ1) is 17.7. The van der Waals surface area contributed by atoms with Crippen LogP contribution in [0.4, 0.5) is 5.95 Å². The average Bonchev–Trinajstić information content (AvgIpc) is 2.74. The van der Waals surface area contributed by atoms with Crippen molar-refractivity contribution in [1.82, 2.24) is 14.5 Å². The van der Waals surface area contributed by atoms with Gasteiger partial charge in [-0.15, -0.1) is 0 Å². The molecule has 1 saturated heterocycles. The summed E-state index contributed by atoms with van der Waals surface area (Å²) in [6.07, 6.45) is 0.983. The van der Waals surface area contributed by atoms with Crippen LogP contribution in [0, 0.1) is 0 Å². The molecule has 2 heterocycles. The lowest BCUT2D eigenvalue weighted by Gasteiger charge is -2.35. The Morgan fingerprint density at radius 3 is 2.30 bits per heavy atom. The van der Waals surface area contributed by atoms with Crippen LogP contribution in [0.3, 0.4) is 0 Å².